The third-order valence-corrected chi connectivity index (χ3v) is 10.7. The molecule has 3 heterocycles. The Hall–Kier alpha value is -7.63. The van der Waals surface area contributed by atoms with Gasteiger partial charge >= 0.3 is 0 Å². The summed E-state index contributed by atoms with van der Waals surface area (Å²) in [5.74, 6) is 1.86. The van der Waals surface area contributed by atoms with Gasteiger partial charge in [0, 0.05) is 50.0 Å². The first-order valence-corrected chi connectivity index (χ1v) is 18.8. The maximum Gasteiger partial charge on any atom is 0.164 e. The first-order valence-electron chi connectivity index (χ1n) is 18.8. The quantitative estimate of drug-likeness (QED) is 0.172. The second-order valence-electron chi connectivity index (χ2n) is 14.1. The molecule has 0 N–H and O–H groups in total. The minimum Gasteiger partial charge on any atom is -0.456 e. The Morgan fingerprint density at radius 1 is 0.304 bits per heavy atom. The minimum atomic E-state index is 0.611. The lowest BCUT2D eigenvalue weighted by molar-refractivity contribution is 0.668. The van der Waals surface area contributed by atoms with Crippen LogP contribution in [0.15, 0.2) is 199 Å². The molecule has 0 fully saturated rings. The summed E-state index contributed by atoms with van der Waals surface area (Å²) in [6.07, 6.45) is 0. The van der Waals surface area contributed by atoms with Gasteiger partial charge in [-0.15, -0.1) is 0 Å². The van der Waals surface area contributed by atoms with Gasteiger partial charge in [-0.3, -0.25) is 0 Å². The average molecular weight is 717 g/mol. The van der Waals surface area contributed by atoms with Crippen molar-refractivity contribution in [3.63, 3.8) is 0 Å². The number of fused-ring (bicyclic) bond motifs is 6. The van der Waals surface area contributed by atoms with Gasteiger partial charge in [-0.2, -0.15) is 0 Å². The van der Waals surface area contributed by atoms with E-state index in [4.69, 9.17) is 19.4 Å². The van der Waals surface area contributed by atoms with Crippen molar-refractivity contribution < 1.29 is 4.42 Å². The van der Waals surface area contributed by atoms with Crippen LogP contribution in [0.4, 0.5) is 0 Å². The summed E-state index contributed by atoms with van der Waals surface area (Å²) in [5.41, 5.74) is 12.4. The van der Waals surface area contributed by atoms with E-state index in [0.29, 0.717) is 17.5 Å². The summed E-state index contributed by atoms with van der Waals surface area (Å²) in [7, 11) is 0. The monoisotopic (exact) mass is 716 g/mol. The minimum absolute atomic E-state index is 0.611. The fourth-order valence-electron chi connectivity index (χ4n) is 7.91. The molecule has 0 atom stereocenters. The van der Waals surface area contributed by atoms with Crippen LogP contribution in [0.25, 0.3) is 106 Å². The Morgan fingerprint density at radius 2 is 0.804 bits per heavy atom. The number of hydrogen-bond donors (Lipinski definition) is 0. The maximum absolute atomic E-state index is 6.33. The highest BCUT2D eigenvalue weighted by Gasteiger charge is 2.18. The molecule has 56 heavy (non-hydrogen) atoms. The first kappa shape index (κ1) is 31.9. The summed E-state index contributed by atoms with van der Waals surface area (Å²) in [4.78, 5) is 15.2. The Labute approximate surface area is 322 Å². The zero-order chi connectivity index (χ0) is 37.0. The lowest BCUT2D eigenvalue weighted by Crippen LogP contribution is -2.00. The molecule has 0 saturated heterocycles. The van der Waals surface area contributed by atoms with E-state index in [2.05, 4.69) is 150 Å². The van der Waals surface area contributed by atoms with Crippen LogP contribution in [0, 0.1) is 0 Å². The fourth-order valence-corrected chi connectivity index (χ4v) is 7.91. The van der Waals surface area contributed by atoms with Crippen molar-refractivity contribution in [1.29, 1.82) is 0 Å². The Morgan fingerprint density at radius 3 is 1.55 bits per heavy atom. The number of nitrogens with zero attached hydrogens (tertiary/aromatic N) is 4. The van der Waals surface area contributed by atoms with Gasteiger partial charge in [-0.25, -0.2) is 15.0 Å². The molecule has 5 heteroatoms. The molecule has 0 amide bonds. The van der Waals surface area contributed by atoms with Gasteiger partial charge in [0.05, 0.1) is 11.0 Å². The van der Waals surface area contributed by atoms with Crippen LogP contribution in [0.2, 0.25) is 0 Å². The maximum atomic E-state index is 6.33. The Bertz CT molecular complexity index is 3240. The first-order chi connectivity index (χ1) is 27.7. The highest BCUT2D eigenvalue weighted by Crippen LogP contribution is 2.37. The Kier molecular flexibility index (Phi) is 7.42. The number of hydrogen-bond acceptors (Lipinski definition) is 4. The van der Waals surface area contributed by atoms with E-state index in [-0.39, 0.29) is 0 Å². The van der Waals surface area contributed by atoms with Crippen molar-refractivity contribution >= 4 is 43.7 Å². The smallest absolute Gasteiger partial charge is 0.164 e. The van der Waals surface area contributed by atoms with E-state index >= 15 is 0 Å². The highest BCUT2D eigenvalue weighted by molar-refractivity contribution is 6.11. The molecular formula is C51H32N4O. The van der Waals surface area contributed by atoms with Crippen LogP contribution in [-0.4, -0.2) is 19.5 Å². The van der Waals surface area contributed by atoms with Crippen LogP contribution in [0.1, 0.15) is 0 Å². The SMILES string of the molecule is c1ccc(-c2cccc(-c3ccc(-c4nc(-c5ccccc5)nc(-c5ccc6c7ccccc7n(-c7ccc8c(c7)oc7ccccc78)c6c5)n4)cc3)c2)cc1. The van der Waals surface area contributed by atoms with Crippen molar-refractivity contribution in [2.45, 2.75) is 0 Å². The standard InChI is InChI=1S/C51H32N4O/c1-3-12-33(13-4-1)37-16-11-17-38(30-37)34-22-24-36(25-23-34)50-52-49(35-14-5-2-6-15-35)53-51(54-50)39-26-28-42-41-18-7-9-20-45(41)55(46(42)31-39)40-27-29-44-43-19-8-10-21-47(43)56-48(44)32-40/h1-32H. The summed E-state index contributed by atoms with van der Waals surface area (Å²) in [5, 5.41) is 4.55. The summed E-state index contributed by atoms with van der Waals surface area (Å²) < 4.78 is 8.65. The molecule has 0 aliphatic carbocycles. The number of para-hydroxylation sites is 2. The predicted molar refractivity (Wildman–Crippen MR) is 229 cm³/mol. The van der Waals surface area contributed by atoms with E-state index in [0.717, 1.165) is 71.9 Å². The van der Waals surface area contributed by atoms with E-state index in [9.17, 15) is 0 Å². The molecule has 0 radical (unpaired) electrons. The molecule has 11 rings (SSSR count). The molecule has 3 aromatic heterocycles. The van der Waals surface area contributed by atoms with E-state index in [1.807, 2.05) is 48.5 Å². The number of aromatic nitrogens is 4. The van der Waals surface area contributed by atoms with Crippen molar-refractivity contribution in [3.05, 3.63) is 194 Å². The zero-order valence-electron chi connectivity index (χ0n) is 30.2. The molecule has 8 aromatic carbocycles. The van der Waals surface area contributed by atoms with Gasteiger partial charge in [0.15, 0.2) is 17.5 Å². The number of rotatable bonds is 6. The van der Waals surface area contributed by atoms with Crippen LogP contribution in [0.5, 0.6) is 0 Å². The van der Waals surface area contributed by atoms with E-state index in [1.54, 1.807) is 0 Å². The number of benzene rings is 8. The predicted octanol–water partition coefficient (Wildman–Crippen LogP) is 13.2. The van der Waals surface area contributed by atoms with Crippen molar-refractivity contribution in [2.75, 3.05) is 0 Å². The molecule has 0 spiro atoms. The van der Waals surface area contributed by atoms with Crippen molar-refractivity contribution in [2.24, 2.45) is 0 Å². The van der Waals surface area contributed by atoms with Gasteiger partial charge in [0.2, 0.25) is 0 Å². The molecule has 0 unspecified atom stereocenters. The highest BCUT2D eigenvalue weighted by atomic mass is 16.3. The van der Waals surface area contributed by atoms with Crippen LogP contribution >= 0.6 is 0 Å². The van der Waals surface area contributed by atoms with Gasteiger partial charge in [-0.1, -0.05) is 152 Å². The van der Waals surface area contributed by atoms with Crippen molar-refractivity contribution in [3.8, 4) is 62.1 Å². The lowest BCUT2D eigenvalue weighted by atomic mass is 9.98. The summed E-state index contributed by atoms with van der Waals surface area (Å²) >= 11 is 0. The third-order valence-electron chi connectivity index (χ3n) is 10.7. The third kappa shape index (κ3) is 5.45. The van der Waals surface area contributed by atoms with E-state index < -0.39 is 0 Å². The second kappa shape index (κ2) is 13.0. The van der Waals surface area contributed by atoms with Crippen LogP contribution in [-0.2, 0) is 0 Å². The molecule has 0 aliphatic rings. The Balaban J connectivity index is 1.04. The summed E-state index contributed by atoms with van der Waals surface area (Å²) in [6, 6.07) is 67.5. The second-order valence-corrected chi connectivity index (χ2v) is 14.1. The largest absolute Gasteiger partial charge is 0.456 e. The van der Waals surface area contributed by atoms with Gasteiger partial charge in [0.1, 0.15) is 11.2 Å². The molecule has 11 aromatic rings. The molecule has 0 bridgehead atoms. The molecular weight excluding hydrogens is 685 g/mol. The van der Waals surface area contributed by atoms with Gasteiger partial charge < -0.3 is 8.98 Å². The molecule has 262 valence electrons. The normalized spacial score (nSPS) is 11.6. The van der Waals surface area contributed by atoms with E-state index in [1.165, 1.54) is 16.5 Å². The van der Waals surface area contributed by atoms with Crippen molar-refractivity contribution in [1.82, 2.24) is 19.5 Å². The fraction of sp³-hybridized carbons (Fsp3) is 0. The van der Waals surface area contributed by atoms with Gasteiger partial charge in [-0.05, 0) is 58.7 Å². The molecule has 5 nitrogen and oxygen atoms in total. The topological polar surface area (TPSA) is 56.7 Å². The summed E-state index contributed by atoms with van der Waals surface area (Å²) in [6.45, 7) is 0. The molecule has 0 aliphatic heterocycles. The van der Waals surface area contributed by atoms with Crippen LogP contribution < -0.4 is 0 Å². The van der Waals surface area contributed by atoms with Crippen LogP contribution in [0.3, 0.4) is 0 Å². The lowest BCUT2D eigenvalue weighted by Gasteiger charge is -2.11. The number of furan rings is 1. The molecule has 0 saturated carbocycles. The zero-order valence-corrected chi connectivity index (χ0v) is 30.2. The average Bonchev–Trinajstić information content (AvgIpc) is 3.82. The van der Waals surface area contributed by atoms with Gasteiger partial charge in [0.25, 0.3) is 0 Å².